The van der Waals surface area contributed by atoms with Crippen molar-refractivity contribution in [1.82, 2.24) is 14.8 Å². The number of hydrogen-bond donors (Lipinski definition) is 1. The van der Waals surface area contributed by atoms with Gasteiger partial charge in [-0.15, -0.1) is 18.3 Å². The molecule has 298 valence electrons. The van der Waals surface area contributed by atoms with E-state index in [1.165, 1.54) is 41.3 Å². The number of ether oxygens (including phenoxy) is 2. The highest BCUT2D eigenvalue weighted by molar-refractivity contribution is 8.15. The number of aryl methyl sites for hydroxylation is 1. The summed E-state index contributed by atoms with van der Waals surface area (Å²) in [5.41, 5.74) is -2.07. The summed E-state index contributed by atoms with van der Waals surface area (Å²) in [6, 6.07) is 13.1. The van der Waals surface area contributed by atoms with Crippen LogP contribution in [0.3, 0.4) is 0 Å². The summed E-state index contributed by atoms with van der Waals surface area (Å²) in [5, 5.41) is 6.39. The summed E-state index contributed by atoms with van der Waals surface area (Å²) in [6.45, 7) is 0.676. The molecule has 0 aliphatic carbocycles. The molecule has 1 aromatic heterocycles. The fourth-order valence-corrected chi connectivity index (χ4v) is 6.23. The predicted molar refractivity (Wildman–Crippen MR) is 186 cm³/mol. The van der Waals surface area contributed by atoms with Crippen LogP contribution >= 0.6 is 11.8 Å². The van der Waals surface area contributed by atoms with Gasteiger partial charge in [0.15, 0.2) is 11.0 Å². The Morgan fingerprint density at radius 1 is 0.877 bits per heavy atom. The van der Waals surface area contributed by atoms with E-state index in [1.54, 1.807) is 19.1 Å². The van der Waals surface area contributed by atoms with Crippen molar-refractivity contribution in [3.05, 3.63) is 119 Å². The molecule has 1 fully saturated rings. The number of amides is 3. The number of carbonyl (C=O) groups is 2. The first-order valence-electron chi connectivity index (χ1n) is 16.1. The van der Waals surface area contributed by atoms with Gasteiger partial charge in [-0.2, -0.15) is 31.3 Å². The molecule has 1 aliphatic heterocycles. The van der Waals surface area contributed by atoms with Crippen molar-refractivity contribution >= 4 is 40.2 Å². The number of urea groups is 1. The van der Waals surface area contributed by atoms with Crippen molar-refractivity contribution in [1.29, 1.82) is 0 Å². The van der Waals surface area contributed by atoms with Gasteiger partial charge in [0.1, 0.15) is 17.9 Å². The molecule has 0 saturated carbocycles. The van der Waals surface area contributed by atoms with Crippen LogP contribution in [0.15, 0.2) is 90.2 Å². The average Bonchev–Trinajstić information content (AvgIpc) is 3.75. The van der Waals surface area contributed by atoms with Crippen LogP contribution in [0.2, 0.25) is 0 Å². The van der Waals surface area contributed by atoms with Gasteiger partial charge in [-0.05, 0) is 84.8 Å². The number of anilines is 2. The largest absolute Gasteiger partial charge is 0.573 e. The van der Waals surface area contributed by atoms with E-state index in [2.05, 4.69) is 25.1 Å². The molecule has 0 spiro atoms. The Balaban J connectivity index is 1.15. The molecule has 0 radical (unpaired) electrons. The number of aliphatic imine (C=N–C) groups is 1. The second kappa shape index (κ2) is 15.9. The van der Waals surface area contributed by atoms with Crippen LogP contribution in [0.5, 0.6) is 5.75 Å². The molecule has 0 atom stereocenters. The SMILES string of the molecule is Cc1ccc(COCc2cc(C(F)(F)F)cc(C(F)(F)F)c2)c(N2C(=O)CSC2=NC(=O)Nc2ccc(-c3ncn(-c4ccc(OC(F)(F)F)cc4)n3)cc2F)c1. The minimum atomic E-state index is -5.05. The van der Waals surface area contributed by atoms with Crippen LogP contribution in [-0.4, -0.2) is 44.0 Å². The summed E-state index contributed by atoms with van der Waals surface area (Å²) < 4.78 is 143. The number of aromatic nitrogens is 3. The van der Waals surface area contributed by atoms with Gasteiger partial charge in [0.25, 0.3) is 0 Å². The highest BCUT2D eigenvalue weighted by Gasteiger charge is 2.37. The van der Waals surface area contributed by atoms with Gasteiger partial charge in [-0.1, -0.05) is 23.9 Å². The van der Waals surface area contributed by atoms with Crippen molar-refractivity contribution in [3.8, 4) is 22.8 Å². The minimum absolute atomic E-state index is 0.00321. The lowest BCUT2D eigenvalue weighted by Crippen LogP contribution is -2.31. The third kappa shape index (κ3) is 10.1. The Bertz CT molecular complexity index is 2310. The van der Waals surface area contributed by atoms with Gasteiger partial charge >= 0.3 is 24.7 Å². The van der Waals surface area contributed by atoms with E-state index in [0.717, 1.165) is 34.9 Å². The first-order valence-corrected chi connectivity index (χ1v) is 17.1. The third-order valence-corrected chi connectivity index (χ3v) is 8.84. The van der Waals surface area contributed by atoms with E-state index in [9.17, 15) is 49.1 Å². The van der Waals surface area contributed by atoms with Crippen molar-refractivity contribution in [2.45, 2.75) is 38.9 Å². The number of halogens is 10. The maximum atomic E-state index is 15.2. The molecule has 10 nitrogen and oxygen atoms in total. The van der Waals surface area contributed by atoms with E-state index >= 15 is 4.39 Å². The quantitative estimate of drug-likeness (QED) is 0.147. The molecule has 1 saturated heterocycles. The Kier molecular flexibility index (Phi) is 11.3. The smallest absolute Gasteiger partial charge is 0.406 e. The molecule has 57 heavy (non-hydrogen) atoms. The van der Waals surface area contributed by atoms with Crippen LogP contribution in [0.4, 0.5) is 60.1 Å². The van der Waals surface area contributed by atoms with E-state index in [-0.39, 0.29) is 51.9 Å². The standard InChI is InChI=1S/C36H24F10N6O4S/c1-19-2-3-22(16-55-15-20-11-23(34(38,39)40)14-24(12-20)35(41,42)43)29(10-19)52-30(53)17-57-33(52)49-32(54)48-28-9-4-21(13-27(28)37)31-47-18-51(50-31)25-5-7-26(8-6-25)56-36(44,45)46/h2-14,18H,15-17H2,1H3,(H,48,54). The van der Waals surface area contributed by atoms with Crippen molar-refractivity contribution in [3.63, 3.8) is 0 Å². The minimum Gasteiger partial charge on any atom is -0.406 e. The summed E-state index contributed by atoms with van der Waals surface area (Å²) in [7, 11) is 0. The van der Waals surface area contributed by atoms with Crippen LogP contribution in [0.25, 0.3) is 17.1 Å². The summed E-state index contributed by atoms with van der Waals surface area (Å²) >= 11 is 0.885. The number of nitrogens with zero attached hydrogens (tertiary/aromatic N) is 5. The van der Waals surface area contributed by atoms with Gasteiger partial charge in [0.05, 0.1) is 47.2 Å². The number of carbonyl (C=O) groups excluding carboxylic acids is 2. The number of rotatable bonds is 9. The van der Waals surface area contributed by atoms with Crippen LogP contribution in [-0.2, 0) is 35.1 Å². The van der Waals surface area contributed by atoms with Crippen molar-refractivity contribution in [2.24, 2.45) is 4.99 Å². The number of hydrogen-bond acceptors (Lipinski definition) is 7. The van der Waals surface area contributed by atoms with Crippen LogP contribution in [0, 0.1) is 12.7 Å². The molecule has 5 aromatic rings. The maximum Gasteiger partial charge on any atom is 0.573 e. The Morgan fingerprint density at radius 2 is 1.56 bits per heavy atom. The van der Waals surface area contributed by atoms with E-state index in [0.29, 0.717) is 23.4 Å². The first kappa shape index (κ1) is 40.7. The highest BCUT2D eigenvalue weighted by atomic mass is 32.2. The van der Waals surface area contributed by atoms with E-state index in [4.69, 9.17) is 4.74 Å². The first-order chi connectivity index (χ1) is 26.7. The zero-order valence-electron chi connectivity index (χ0n) is 28.8. The summed E-state index contributed by atoms with van der Waals surface area (Å²) in [4.78, 5) is 35.2. The average molecular weight is 827 g/mol. The molecule has 4 aromatic carbocycles. The predicted octanol–water partition coefficient (Wildman–Crippen LogP) is 9.70. The lowest BCUT2D eigenvalue weighted by molar-refractivity contribution is -0.274. The molecule has 21 heteroatoms. The molecule has 1 aliphatic rings. The molecule has 6 rings (SSSR count). The zero-order chi connectivity index (χ0) is 41.3. The van der Waals surface area contributed by atoms with Gasteiger partial charge in [0, 0.05) is 11.1 Å². The molecule has 1 N–H and O–H groups in total. The second-order valence-electron chi connectivity index (χ2n) is 12.1. The lowest BCUT2D eigenvalue weighted by atomic mass is 10.1. The van der Waals surface area contributed by atoms with Crippen LogP contribution in [0.1, 0.15) is 27.8 Å². The second-order valence-corrected chi connectivity index (χ2v) is 13.1. The highest BCUT2D eigenvalue weighted by Crippen LogP contribution is 2.37. The fraction of sp³-hybridized carbons (Fsp3) is 0.194. The molecule has 0 unspecified atom stereocenters. The number of nitrogens with one attached hydrogen (secondary N) is 1. The van der Waals surface area contributed by atoms with Gasteiger partial charge < -0.3 is 14.8 Å². The van der Waals surface area contributed by atoms with Gasteiger partial charge in [0.2, 0.25) is 5.91 Å². The third-order valence-electron chi connectivity index (χ3n) is 7.91. The van der Waals surface area contributed by atoms with E-state index < -0.39 is 65.5 Å². The monoisotopic (exact) mass is 826 g/mol. The molecule has 2 heterocycles. The number of benzene rings is 4. The summed E-state index contributed by atoms with van der Waals surface area (Å²) in [6.07, 6.45) is -13.7. The van der Waals surface area contributed by atoms with Gasteiger partial charge in [-0.3, -0.25) is 9.69 Å². The Labute approximate surface area is 319 Å². The molecular formula is C36H24F10N6O4S. The van der Waals surface area contributed by atoms with Crippen LogP contribution < -0.4 is 15.0 Å². The van der Waals surface area contributed by atoms with Crippen molar-refractivity contribution < 1.29 is 63.0 Å². The maximum absolute atomic E-state index is 15.2. The topological polar surface area (TPSA) is 111 Å². The summed E-state index contributed by atoms with van der Waals surface area (Å²) in [5.74, 6) is -1.99. The number of amidine groups is 1. The van der Waals surface area contributed by atoms with E-state index in [1.807, 2.05) is 0 Å². The normalized spacial score (nSPS) is 14.4. The van der Waals surface area contributed by atoms with Crippen molar-refractivity contribution in [2.75, 3.05) is 16.0 Å². The molecule has 3 amide bonds. The number of thioether (sulfide) groups is 1. The fourth-order valence-electron chi connectivity index (χ4n) is 5.37. The lowest BCUT2D eigenvalue weighted by Gasteiger charge is -2.21. The molecular weight excluding hydrogens is 802 g/mol. The zero-order valence-corrected chi connectivity index (χ0v) is 29.6. The Morgan fingerprint density at radius 3 is 2.19 bits per heavy atom. The number of alkyl halides is 9. The molecule has 0 bridgehead atoms. The Hall–Kier alpha value is -5.96. The van der Waals surface area contributed by atoms with Gasteiger partial charge in [-0.25, -0.2) is 18.9 Å².